The summed E-state index contributed by atoms with van der Waals surface area (Å²) in [5.41, 5.74) is 2.94. The zero-order valence-corrected chi connectivity index (χ0v) is 23.3. The van der Waals surface area contributed by atoms with Crippen molar-refractivity contribution in [3.05, 3.63) is 89.7 Å². The minimum Gasteiger partial charge on any atom is -0.457 e. The van der Waals surface area contributed by atoms with Crippen LogP contribution in [0.4, 0.5) is 0 Å². The standard InChI is InChI=1S/C32H36N4O5/c1-35-21-30(37)34-28-20-36(32(39)13-11-24-7-4-15-33-19-24)16-14-29(28)40-22-25-6-3-9-27(18-25)41-26-8-2-5-23(17-26)10-12-31(35)38/h2-9,15,17-19,28-29H,10-14,16,20-22H2,1H3,(H,34,37)/t28-,29+/m0/s1. The Bertz CT molecular complexity index is 1360. The molecule has 1 saturated heterocycles. The molecule has 0 aliphatic carbocycles. The van der Waals surface area contributed by atoms with Gasteiger partial charge in [-0.25, -0.2) is 0 Å². The van der Waals surface area contributed by atoms with Gasteiger partial charge in [-0.05, 0) is 66.3 Å². The van der Waals surface area contributed by atoms with Gasteiger partial charge >= 0.3 is 0 Å². The van der Waals surface area contributed by atoms with Crippen LogP contribution in [0.3, 0.4) is 0 Å². The molecule has 41 heavy (non-hydrogen) atoms. The molecule has 2 aromatic carbocycles. The number of hydrogen-bond donors (Lipinski definition) is 1. The van der Waals surface area contributed by atoms with E-state index in [0.717, 1.165) is 16.7 Å². The van der Waals surface area contributed by atoms with Gasteiger partial charge in [0.2, 0.25) is 17.7 Å². The first-order valence-electron chi connectivity index (χ1n) is 14.1. The number of rotatable bonds is 3. The van der Waals surface area contributed by atoms with Crippen LogP contribution in [-0.4, -0.2) is 71.3 Å². The monoisotopic (exact) mass is 556 g/mol. The molecule has 214 valence electrons. The highest BCUT2D eigenvalue weighted by atomic mass is 16.5. The first-order chi connectivity index (χ1) is 19.9. The van der Waals surface area contributed by atoms with Gasteiger partial charge in [-0.15, -0.1) is 0 Å². The van der Waals surface area contributed by atoms with E-state index in [2.05, 4.69) is 10.3 Å². The average Bonchev–Trinajstić information content (AvgIpc) is 2.98. The fourth-order valence-corrected chi connectivity index (χ4v) is 5.25. The number of amides is 3. The number of carbonyl (C=O) groups is 3. The van der Waals surface area contributed by atoms with Crippen molar-refractivity contribution in [3.63, 3.8) is 0 Å². The molecule has 0 radical (unpaired) electrons. The molecule has 0 unspecified atom stereocenters. The Balaban J connectivity index is 1.31. The lowest BCUT2D eigenvalue weighted by Gasteiger charge is -2.39. The molecule has 5 rings (SSSR count). The zero-order valence-electron chi connectivity index (χ0n) is 23.3. The van der Waals surface area contributed by atoms with Crippen LogP contribution in [0.5, 0.6) is 11.5 Å². The van der Waals surface area contributed by atoms with Crippen molar-refractivity contribution in [3.8, 4) is 11.5 Å². The Hall–Kier alpha value is -4.24. The lowest BCUT2D eigenvalue weighted by atomic mass is 10.0. The zero-order chi connectivity index (χ0) is 28.6. The second-order valence-electron chi connectivity index (χ2n) is 10.7. The first-order valence-corrected chi connectivity index (χ1v) is 14.1. The largest absolute Gasteiger partial charge is 0.457 e. The second-order valence-corrected chi connectivity index (χ2v) is 10.7. The summed E-state index contributed by atoms with van der Waals surface area (Å²) in [7, 11) is 1.63. The molecule has 9 nitrogen and oxygen atoms in total. The number of likely N-dealkylation sites (N-methyl/N-ethyl adjacent to an activating group) is 1. The van der Waals surface area contributed by atoms with E-state index >= 15 is 0 Å². The van der Waals surface area contributed by atoms with E-state index in [4.69, 9.17) is 9.47 Å². The second kappa shape index (κ2) is 13.4. The van der Waals surface area contributed by atoms with Gasteiger partial charge < -0.3 is 24.6 Å². The Kier molecular flexibility index (Phi) is 9.26. The molecule has 4 bridgehead atoms. The molecular weight excluding hydrogens is 520 g/mol. The molecule has 1 aromatic heterocycles. The van der Waals surface area contributed by atoms with E-state index < -0.39 is 6.04 Å². The molecule has 0 spiro atoms. The molecule has 3 heterocycles. The number of pyridine rings is 1. The molecule has 1 N–H and O–H groups in total. The molecule has 1 fully saturated rings. The van der Waals surface area contributed by atoms with Crippen LogP contribution < -0.4 is 10.1 Å². The molecule has 3 amide bonds. The third kappa shape index (κ3) is 7.91. The summed E-state index contributed by atoms with van der Waals surface area (Å²) in [4.78, 5) is 46.3. The van der Waals surface area contributed by atoms with Crippen molar-refractivity contribution in [1.29, 1.82) is 0 Å². The highest BCUT2D eigenvalue weighted by molar-refractivity contribution is 5.85. The first kappa shape index (κ1) is 28.3. The van der Waals surface area contributed by atoms with Crippen LogP contribution in [0.25, 0.3) is 0 Å². The molecule has 3 aromatic rings. The Labute approximate surface area is 240 Å². The minimum atomic E-state index is -0.403. The average molecular weight is 557 g/mol. The highest BCUT2D eigenvalue weighted by Crippen LogP contribution is 2.25. The number of nitrogens with one attached hydrogen (secondary N) is 1. The van der Waals surface area contributed by atoms with Crippen LogP contribution >= 0.6 is 0 Å². The van der Waals surface area contributed by atoms with E-state index in [1.54, 1.807) is 24.3 Å². The number of carbonyl (C=O) groups excluding carboxylic acids is 3. The highest BCUT2D eigenvalue weighted by Gasteiger charge is 2.33. The summed E-state index contributed by atoms with van der Waals surface area (Å²) >= 11 is 0. The summed E-state index contributed by atoms with van der Waals surface area (Å²) in [5, 5.41) is 3.06. The predicted octanol–water partition coefficient (Wildman–Crippen LogP) is 3.51. The van der Waals surface area contributed by atoms with Crippen LogP contribution in [0.15, 0.2) is 73.1 Å². The van der Waals surface area contributed by atoms with Gasteiger partial charge in [-0.3, -0.25) is 19.4 Å². The topological polar surface area (TPSA) is 101 Å². The smallest absolute Gasteiger partial charge is 0.239 e. The third-order valence-electron chi connectivity index (χ3n) is 7.53. The number of nitrogens with zero attached hydrogens (tertiary/aromatic N) is 3. The molecule has 0 saturated carbocycles. The van der Waals surface area contributed by atoms with E-state index in [9.17, 15) is 14.4 Å². The molecule has 2 atom stereocenters. The SMILES string of the molecule is CN1CC(=O)N[C@H]2CN(C(=O)CCc3cccnc3)CC[C@H]2OCc2cccc(c2)Oc2cccc(c2)CCC1=O. The van der Waals surface area contributed by atoms with Crippen molar-refractivity contribution < 1.29 is 23.9 Å². The number of fused-ring (bicyclic) bond motifs is 5. The van der Waals surface area contributed by atoms with E-state index in [0.29, 0.717) is 56.9 Å². The van der Waals surface area contributed by atoms with Gasteiger partial charge in [0.05, 0.1) is 25.3 Å². The summed E-state index contributed by atoms with van der Waals surface area (Å²) in [6.45, 7) is 1.16. The van der Waals surface area contributed by atoms with E-state index in [-0.39, 0.29) is 36.8 Å². The van der Waals surface area contributed by atoms with E-state index in [1.807, 2.05) is 60.7 Å². The summed E-state index contributed by atoms with van der Waals surface area (Å²) in [5.74, 6) is 1.02. The number of piperidine rings is 1. The van der Waals surface area contributed by atoms with Gasteiger partial charge in [-0.2, -0.15) is 0 Å². The van der Waals surface area contributed by atoms with Crippen molar-refractivity contribution in [2.45, 2.75) is 50.9 Å². The van der Waals surface area contributed by atoms with Gasteiger partial charge in [0, 0.05) is 45.4 Å². The minimum absolute atomic E-state index is 0.0290. The van der Waals surface area contributed by atoms with Gasteiger partial charge in [0.25, 0.3) is 0 Å². The number of aryl methyl sites for hydroxylation is 2. The molecular formula is C32H36N4O5. The van der Waals surface area contributed by atoms with Gasteiger partial charge in [0.15, 0.2) is 0 Å². The van der Waals surface area contributed by atoms with E-state index in [1.165, 1.54) is 4.90 Å². The summed E-state index contributed by atoms with van der Waals surface area (Å²) < 4.78 is 12.4. The van der Waals surface area contributed by atoms with Gasteiger partial charge in [-0.1, -0.05) is 30.3 Å². The molecule has 2 aliphatic rings. The van der Waals surface area contributed by atoms with Crippen LogP contribution in [0.2, 0.25) is 0 Å². The van der Waals surface area contributed by atoms with Crippen LogP contribution in [0, 0.1) is 0 Å². The third-order valence-corrected chi connectivity index (χ3v) is 7.53. The Morgan fingerprint density at radius 2 is 1.80 bits per heavy atom. The summed E-state index contributed by atoms with van der Waals surface area (Å²) in [6.07, 6.45) is 5.56. The maximum atomic E-state index is 13.1. The number of likely N-dealkylation sites (tertiary alicyclic amines) is 1. The normalized spacial score (nSPS) is 20.2. The summed E-state index contributed by atoms with van der Waals surface area (Å²) in [6, 6.07) is 18.9. The molecule has 2 aliphatic heterocycles. The number of aromatic nitrogens is 1. The number of ether oxygens (including phenoxy) is 2. The number of hydrogen-bond acceptors (Lipinski definition) is 6. The Morgan fingerprint density at radius 3 is 2.59 bits per heavy atom. The fraction of sp³-hybridized carbons (Fsp3) is 0.375. The number of benzene rings is 2. The van der Waals surface area contributed by atoms with Crippen molar-refractivity contribution in [2.75, 3.05) is 26.7 Å². The Morgan fingerprint density at radius 1 is 1.02 bits per heavy atom. The van der Waals surface area contributed by atoms with Crippen LogP contribution in [0.1, 0.15) is 36.0 Å². The van der Waals surface area contributed by atoms with Gasteiger partial charge in [0.1, 0.15) is 11.5 Å². The molecule has 9 heteroatoms. The fourth-order valence-electron chi connectivity index (χ4n) is 5.25. The lowest BCUT2D eigenvalue weighted by molar-refractivity contribution is -0.138. The predicted molar refractivity (Wildman–Crippen MR) is 153 cm³/mol. The van der Waals surface area contributed by atoms with Crippen molar-refractivity contribution in [1.82, 2.24) is 20.1 Å². The van der Waals surface area contributed by atoms with Crippen molar-refractivity contribution >= 4 is 17.7 Å². The van der Waals surface area contributed by atoms with Crippen molar-refractivity contribution in [2.24, 2.45) is 0 Å². The quantitative estimate of drug-likeness (QED) is 0.530. The van der Waals surface area contributed by atoms with Crippen LogP contribution in [-0.2, 0) is 38.6 Å². The maximum Gasteiger partial charge on any atom is 0.239 e. The maximum absolute atomic E-state index is 13.1. The lowest BCUT2D eigenvalue weighted by Crippen LogP contribution is -2.58.